The summed E-state index contributed by atoms with van der Waals surface area (Å²) in [6, 6.07) is 11.8. The number of benzene rings is 1. The molecule has 5 nitrogen and oxygen atoms in total. The lowest BCUT2D eigenvalue weighted by atomic mass is 9.82. The Morgan fingerprint density at radius 3 is 2.61 bits per heavy atom. The molecule has 5 heteroatoms. The van der Waals surface area contributed by atoms with Crippen LogP contribution in [0.5, 0.6) is 0 Å². The van der Waals surface area contributed by atoms with Gasteiger partial charge in [-0.15, -0.1) is 0 Å². The van der Waals surface area contributed by atoms with E-state index in [0.717, 1.165) is 48.4 Å². The fourth-order valence-corrected chi connectivity index (χ4v) is 3.56. The smallest absolute Gasteiger partial charge is 0.126 e. The minimum atomic E-state index is -0.0522. The monoisotopic (exact) mass is 378 g/mol. The molecule has 0 spiro atoms. The van der Waals surface area contributed by atoms with Crippen LogP contribution in [0.1, 0.15) is 55.0 Å². The maximum atomic E-state index is 8.80. The van der Waals surface area contributed by atoms with Crippen LogP contribution in [-0.4, -0.2) is 36.3 Å². The number of hydrogen-bond donors (Lipinski definition) is 2. The van der Waals surface area contributed by atoms with Gasteiger partial charge in [0.25, 0.3) is 0 Å². The van der Waals surface area contributed by atoms with Gasteiger partial charge >= 0.3 is 0 Å². The number of rotatable bonds is 6. The quantitative estimate of drug-likeness (QED) is 0.587. The van der Waals surface area contributed by atoms with Gasteiger partial charge in [0.2, 0.25) is 0 Å². The van der Waals surface area contributed by atoms with Crippen LogP contribution in [0.3, 0.4) is 0 Å². The molecule has 3 rings (SSSR count). The van der Waals surface area contributed by atoms with Gasteiger partial charge in [-0.3, -0.25) is 9.98 Å². The van der Waals surface area contributed by atoms with E-state index in [0.29, 0.717) is 18.1 Å². The van der Waals surface area contributed by atoms with Crippen molar-refractivity contribution >= 4 is 11.5 Å². The summed E-state index contributed by atoms with van der Waals surface area (Å²) in [6.07, 6.45) is 3.80. The zero-order valence-electron chi connectivity index (χ0n) is 17.0. The van der Waals surface area contributed by atoms with Gasteiger partial charge in [0, 0.05) is 54.4 Å². The summed E-state index contributed by atoms with van der Waals surface area (Å²) in [7, 11) is 0. The lowest BCUT2D eigenvalue weighted by molar-refractivity contribution is 0.0283. The molecule has 1 unspecified atom stereocenters. The SMILES string of the molecule is Cc1cc(C(C)C(=N)c2ccccc2C(N)=NCC2(C)CCOCC2)ccn1. The van der Waals surface area contributed by atoms with E-state index in [1.54, 1.807) is 6.20 Å². The first-order valence-electron chi connectivity index (χ1n) is 9.88. The van der Waals surface area contributed by atoms with E-state index < -0.39 is 0 Å². The summed E-state index contributed by atoms with van der Waals surface area (Å²) in [5.41, 5.74) is 10.8. The third-order valence-electron chi connectivity index (χ3n) is 5.68. The maximum Gasteiger partial charge on any atom is 0.126 e. The van der Waals surface area contributed by atoms with Crippen molar-refractivity contribution in [2.45, 2.75) is 39.5 Å². The number of nitrogens with one attached hydrogen (secondary N) is 1. The van der Waals surface area contributed by atoms with Gasteiger partial charge in [-0.25, -0.2) is 0 Å². The minimum Gasteiger partial charge on any atom is -0.383 e. The number of nitrogens with zero attached hydrogens (tertiary/aromatic N) is 2. The van der Waals surface area contributed by atoms with Crippen LogP contribution in [0.4, 0.5) is 0 Å². The number of aromatic nitrogens is 1. The minimum absolute atomic E-state index is 0.0522. The van der Waals surface area contributed by atoms with Crippen LogP contribution in [0.2, 0.25) is 0 Å². The molecule has 1 atom stereocenters. The number of aliphatic imine (C=N–C) groups is 1. The van der Waals surface area contributed by atoms with Crippen molar-refractivity contribution in [3.63, 3.8) is 0 Å². The molecule has 0 aliphatic carbocycles. The summed E-state index contributed by atoms with van der Waals surface area (Å²) < 4.78 is 5.47. The molecule has 1 aliphatic rings. The van der Waals surface area contributed by atoms with E-state index in [-0.39, 0.29) is 11.3 Å². The van der Waals surface area contributed by atoms with Crippen molar-refractivity contribution in [3.05, 3.63) is 65.0 Å². The summed E-state index contributed by atoms with van der Waals surface area (Å²) in [5, 5.41) is 8.80. The highest BCUT2D eigenvalue weighted by Crippen LogP contribution is 2.30. The number of aryl methyl sites for hydroxylation is 1. The van der Waals surface area contributed by atoms with Crippen molar-refractivity contribution < 1.29 is 4.74 Å². The summed E-state index contributed by atoms with van der Waals surface area (Å²) >= 11 is 0. The van der Waals surface area contributed by atoms with Crippen LogP contribution in [0.15, 0.2) is 47.6 Å². The van der Waals surface area contributed by atoms with Gasteiger partial charge in [-0.2, -0.15) is 0 Å². The summed E-state index contributed by atoms with van der Waals surface area (Å²) in [6.45, 7) is 8.52. The van der Waals surface area contributed by atoms with Crippen molar-refractivity contribution in [1.82, 2.24) is 4.98 Å². The Hall–Kier alpha value is -2.53. The van der Waals surface area contributed by atoms with E-state index in [2.05, 4.69) is 11.9 Å². The second-order valence-corrected chi connectivity index (χ2v) is 8.04. The van der Waals surface area contributed by atoms with Crippen LogP contribution in [0.25, 0.3) is 0 Å². The van der Waals surface area contributed by atoms with Gasteiger partial charge in [0.15, 0.2) is 0 Å². The number of hydrogen-bond acceptors (Lipinski definition) is 4. The summed E-state index contributed by atoms with van der Waals surface area (Å²) in [5.74, 6) is 0.454. The van der Waals surface area contributed by atoms with Crippen LogP contribution >= 0.6 is 0 Å². The number of amidine groups is 1. The van der Waals surface area contributed by atoms with Crippen molar-refractivity contribution in [1.29, 1.82) is 5.41 Å². The van der Waals surface area contributed by atoms with E-state index in [4.69, 9.17) is 20.9 Å². The summed E-state index contributed by atoms with van der Waals surface area (Å²) in [4.78, 5) is 8.97. The number of ether oxygens (including phenoxy) is 1. The second kappa shape index (κ2) is 8.65. The topological polar surface area (TPSA) is 84.4 Å². The molecule has 28 heavy (non-hydrogen) atoms. The third-order valence-corrected chi connectivity index (χ3v) is 5.68. The number of pyridine rings is 1. The Kier molecular flexibility index (Phi) is 6.25. The molecule has 0 saturated carbocycles. The van der Waals surface area contributed by atoms with Crippen LogP contribution in [0, 0.1) is 17.7 Å². The standard InChI is InChI=1S/C23H30N4O/c1-16-14-18(8-11-26-16)17(2)21(24)19-6-4-5-7-20(19)22(25)27-15-23(3)9-12-28-13-10-23/h4-8,11,14,17,24H,9-10,12-13,15H2,1-3H3,(H2,25,27). The molecule has 1 aliphatic heterocycles. The van der Waals surface area contributed by atoms with Gasteiger partial charge in [0.05, 0.1) is 0 Å². The molecule has 0 amide bonds. The molecule has 0 bridgehead atoms. The molecule has 1 aromatic heterocycles. The highest BCUT2D eigenvalue weighted by atomic mass is 16.5. The maximum absolute atomic E-state index is 8.80. The molecule has 1 saturated heterocycles. The average molecular weight is 379 g/mol. The fourth-order valence-electron chi connectivity index (χ4n) is 3.56. The van der Waals surface area contributed by atoms with E-state index in [9.17, 15) is 0 Å². The zero-order chi connectivity index (χ0) is 20.1. The van der Waals surface area contributed by atoms with E-state index in [1.807, 2.05) is 50.2 Å². The Bertz CT molecular complexity index is 868. The van der Waals surface area contributed by atoms with Crippen molar-refractivity contribution in [2.24, 2.45) is 16.1 Å². The van der Waals surface area contributed by atoms with Crippen molar-refractivity contribution in [3.8, 4) is 0 Å². The molecule has 2 aromatic rings. The fraction of sp³-hybridized carbons (Fsp3) is 0.435. The first-order valence-corrected chi connectivity index (χ1v) is 9.88. The molecule has 2 heterocycles. The van der Waals surface area contributed by atoms with Gasteiger partial charge in [-0.1, -0.05) is 38.1 Å². The van der Waals surface area contributed by atoms with E-state index in [1.165, 1.54) is 0 Å². The van der Waals surface area contributed by atoms with Crippen molar-refractivity contribution in [2.75, 3.05) is 19.8 Å². The highest BCUT2D eigenvalue weighted by molar-refractivity contribution is 6.12. The molecular formula is C23H30N4O. The molecule has 1 fully saturated rings. The molecule has 3 N–H and O–H groups in total. The molecule has 148 valence electrons. The molecular weight excluding hydrogens is 348 g/mol. The Labute approximate surface area is 167 Å². The second-order valence-electron chi connectivity index (χ2n) is 8.04. The van der Waals surface area contributed by atoms with Crippen LogP contribution in [-0.2, 0) is 4.74 Å². The largest absolute Gasteiger partial charge is 0.383 e. The Balaban J connectivity index is 1.83. The molecule has 1 aromatic carbocycles. The van der Waals surface area contributed by atoms with Gasteiger partial charge < -0.3 is 15.9 Å². The lowest BCUT2D eigenvalue weighted by Crippen LogP contribution is -2.30. The lowest BCUT2D eigenvalue weighted by Gasteiger charge is -2.32. The number of nitrogens with two attached hydrogens (primary N) is 1. The van der Waals surface area contributed by atoms with Gasteiger partial charge in [-0.05, 0) is 42.9 Å². The zero-order valence-corrected chi connectivity index (χ0v) is 17.0. The Morgan fingerprint density at radius 1 is 1.25 bits per heavy atom. The van der Waals surface area contributed by atoms with E-state index >= 15 is 0 Å². The first-order chi connectivity index (χ1) is 13.4. The van der Waals surface area contributed by atoms with Crippen LogP contribution < -0.4 is 5.73 Å². The first kappa shape index (κ1) is 20.2. The predicted molar refractivity (Wildman–Crippen MR) is 114 cm³/mol. The molecule has 0 radical (unpaired) electrons. The average Bonchev–Trinajstić information content (AvgIpc) is 2.71. The van der Waals surface area contributed by atoms with Gasteiger partial charge in [0.1, 0.15) is 5.84 Å². The highest BCUT2D eigenvalue weighted by Gasteiger charge is 2.27. The predicted octanol–water partition coefficient (Wildman–Crippen LogP) is 4.08. The Morgan fingerprint density at radius 2 is 1.93 bits per heavy atom. The normalized spacial score (nSPS) is 17.9. The third kappa shape index (κ3) is 4.65.